The van der Waals surface area contributed by atoms with E-state index in [4.69, 9.17) is 16.3 Å². The molecule has 0 saturated carbocycles. The maximum atomic E-state index is 12.1. The third-order valence-electron chi connectivity index (χ3n) is 2.94. The minimum Gasteiger partial charge on any atom is -0.424 e. The van der Waals surface area contributed by atoms with Crippen LogP contribution in [0.15, 0.2) is 42.5 Å². The Labute approximate surface area is 134 Å². The van der Waals surface area contributed by atoms with Gasteiger partial charge in [-0.15, -0.1) is 0 Å². The SMILES string of the molecule is CC(=O)Oc1ccc(C)cc1NC(=O)Cc1ccc(Cl)cc1. The van der Waals surface area contributed by atoms with Gasteiger partial charge in [0, 0.05) is 11.9 Å². The molecule has 0 atom stereocenters. The number of anilines is 1. The molecule has 0 aromatic heterocycles. The van der Waals surface area contributed by atoms with Crippen molar-refractivity contribution in [3.8, 4) is 5.75 Å². The highest BCUT2D eigenvalue weighted by molar-refractivity contribution is 6.30. The molecule has 2 rings (SSSR count). The van der Waals surface area contributed by atoms with Crippen molar-refractivity contribution >= 4 is 29.2 Å². The molecule has 114 valence electrons. The molecule has 22 heavy (non-hydrogen) atoms. The topological polar surface area (TPSA) is 55.4 Å². The minimum absolute atomic E-state index is 0.193. The molecule has 0 bridgehead atoms. The van der Waals surface area contributed by atoms with Crippen LogP contribution in [0.1, 0.15) is 18.1 Å². The van der Waals surface area contributed by atoms with Gasteiger partial charge in [-0.25, -0.2) is 0 Å². The van der Waals surface area contributed by atoms with Gasteiger partial charge in [0.1, 0.15) is 0 Å². The molecule has 4 nitrogen and oxygen atoms in total. The maximum absolute atomic E-state index is 12.1. The highest BCUT2D eigenvalue weighted by atomic mass is 35.5. The van der Waals surface area contributed by atoms with E-state index in [1.54, 1.807) is 36.4 Å². The Bertz CT molecular complexity index is 696. The zero-order chi connectivity index (χ0) is 16.1. The molecule has 0 saturated heterocycles. The summed E-state index contributed by atoms with van der Waals surface area (Å²) in [7, 11) is 0. The summed E-state index contributed by atoms with van der Waals surface area (Å²) >= 11 is 5.82. The van der Waals surface area contributed by atoms with Gasteiger partial charge >= 0.3 is 5.97 Å². The van der Waals surface area contributed by atoms with Crippen LogP contribution in [0.4, 0.5) is 5.69 Å². The molecule has 0 unspecified atom stereocenters. The monoisotopic (exact) mass is 317 g/mol. The number of halogens is 1. The van der Waals surface area contributed by atoms with Crippen LogP contribution < -0.4 is 10.1 Å². The number of hydrogen-bond acceptors (Lipinski definition) is 3. The summed E-state index contributed by atoms with van der Waals surface area (Å²) < 4.78 is 5.10. The summed E-state index contributed by atoms with van der Waals surface area (Å²) in [5, 5.41) is 3.40. The minimum atomic E-state index is -0.433. The van der Waals surface area contributed by atoms with Crippen molar-refractivity contribution in [3.05, 3.63) is 58.6 Å². The Morgan fingerprint density at radius 1 is 1.14 bits per heavy atom. The van der Waals surface area contributed by atoms with Crippen molar-refractivity contribution in [2.45, 2.75) is 20.3 Å². The Kier molecular flexibility index (Phi) is 5.17. The average molecular weight is 318 g/mol. The lowest BCUT2D eigenvalue weighted by Crippen LogP contribution is -2.16. The predicted octanol–water partition coefficient (Wildman–Crippen LogP) is 3.75. The summed E-state index contributed by atoms with van der Waals surface area (Å²) in [6, 6.07) is 12.3. The van der Waals surface area contributed by atoms with Crippen molar-refractivity contribution in [2.75, 3.05) is 5.32 Å². The Hall–Kier alpha value is -2.33. The molecule has 2 aromatic carbocycles. The van der Waals surface area contributed by atoms with Gasteiger partial charge in [0.25, 0.3) is 0 Å². The fourth-order valence-corrected chi connectivity index (χ4v) is 2.09. The molecule has 5 heteroatoms. The lowest BCUT2D eigenvalue weighted by Gasteiger charge is -2.11. The van der Waals surface area contributed by atoms with E-state index in [-0.39, 0.29) is 12.3 Å². The number of ether oxygens (including phenoxy) is 1. The summed E-state index contributed by atoms with van der Waals surface area (Å²) in [6.45, 7) is 3.21. The molecule has 1 amide bonds. The molecule has 0 aliphatic heterocycles. The van der Waals surface area contributed by atoms with Gasteiger partial charge in [0.05, 0.1) is 12.1 Å². The Morgan fingerprint density at radius 3 is 2.45 bits per heavy atom. The number of hydrogen-bond donors (Lipinski definition) is 1. The highest BCUT2D eigenvalue weighted by Crippen LogP contribution is 2.26. The van der Waals surface area contributed by atoms with Gasteiger partial charge in [0.15, 0.2) is 5.75 Å². The normalized spacial score (nSPS) is 10.1. The fraction of sp³-hybridized carbons (Fsp3) is 0.176. The van der Waals surface area contributed by atoms with E-state index in [0.29, 0.717) is 16.5 Å². The average Bonchev–Trinajstić information content (AvgIpc) is 2.44. The second-order valence-electron chi connectivity index (χ2n) is 4.94. The number of nitrogens with one attached hydrogen (secondary N) is 1. The van der Waals surface area contributed by atoms with E-state index in [0.717, 1.165) is 11.1 Å². The van der Waals surface area contributed by atoms with Crippen LogP contribution in [0, 0.1) is 6.92 Å². The molecule has 2 aromatic rings. The summed E-state index contributed by atoms with van der Waals surface area (Å²) in [4.78, 5) is 23.2. The molecule has 0 radical (unpaired) electrons. The van der Waals surface area contributed by atoms with Crippen molar-refractivity contribution in [3.63, 3.8) is 0 Å². The number of carbonyl (C=O) groups is 2. The molecule has 0 fully saturated rings. The van der Waals surface area contributed by atoms with Crippen LogP contribution >= 0.6 is 11.6 Å². The second kappa shape index (κ2) is 7.09. The van der Waals surface area contributed by atoms with Crippen LogP contribution in [0.3, 0.4) is 0 Å². The second-order valence-corrected chi connectivity index (χ2v) is 5.38. The highest BCUT2D eigenvalue weighted by Gasteiger charge is 2.11. The lowest BCUT2D eigenvalue weighted by atomic mass is 10.1. The molecule has 0 aliphatic carbocycles. The largest absolute Gasteiger partial charge is 0.424 e. The zero-order valence-corrected chi connectivity index (χ0v) is 13.1. The Balaban J connectivity index is 2.11. The first-order chi connectivity index (χ1) is 10.4. The first-order valence-electron chi connectivity index (χ1n) is 6.77. The molecule has 0 spiro atoms. The third-order valence-corrected chi connectivity index (χ3v) is 3.19. The molecule has 0 heterocycles. The third kappa shape index (κ3) is 4.60. The standard InChI is InChI=1S/C17H16ClNO3/c1-11-3-8-16(22-12(2)20)15(9-11)19-17(21)10-13-4-6-14(18)7-5-13/h3-9H,10H2,1-2H3,(H,19,21). The van der Waals surface area contributed by atoms with Gasteiger partial charge in [-0.3, -0.25) is 9.59 Å². The van der Waals surface area contributed by atoms with E-state index in [1.807, 2.05) is 13.0 Å². The smallest absolute Gasteiger partial charge is 0.308 e. The fourth-order valence-electron chi connectivity index (χ4n) is 1.97. The van der Waals surface area contributed by atoms with Crippen LogP contribution in [0.2, 0.25) is 5.02 Å². The number of aryl methyl sites for hydroxylation is 1. The van der Waals surface area contributed by atoms with Crippen molar-refractivity contribution in [1.29, 1.82) is 0 Å². The number of amides is 1. The first kappa shape index (κ1) is 16.0. The quantitative estimate of drug-likeness (QED) is 0.690. The van der Waals surface area contributed by atoms with Gasteiger partial charge in [0.2, 0.25) is 5.91 Å². The van der Waals surface area contributed by atoms with Gasteiger partial charge in [-0.2, -0.15) is 0 Å². The zero-order valence-electron chi connectivity index (χ0n) is 12.4. The van der Waals surface area contributed by atoms with Gasteiger partial charge < -0.3 is 10.1 Å². The summed E-state index contributed by atoms with van der Waals surface area (Å²) in [5.74, 6) is -0.291. The summed E-state index contributed by atoms with van der Waals surface area (Å²) in [5.41, 5.74) is 2.29. The number of benzene rings is 2. The van der Waals surface area contributed by atoms with Crippen LogP contribution in [0.25, 0.3) is 0 Å². The van der Waals surface area contributed by atoms with E-state index in [1.165, 1.54) is 6.92 Å². The van der Waals surface area contributed by atoms with Gasteiger partial charge in [-0.05, 0) is 42.3 Å². The molecular weight excluding hydrogens is 302 g/mol. The molecule has 0 aliphatic rings. The van der Waals surface area contributed by atoms with Crippen LogP contribution in [0.5, 0.6) is 5.75 Å². The van der Waals surface area contributed by atoms with Crippen molar-refractivity contribution in [2.24, 2.45) is 0 Å². The van der Waals surface area contributed by atoms with E-state index in [9.17, 15) is 9.59 Å². The van der Waals surface area contributed by atoms with Crippen molar-refractivity contribution < 1.29 is 14.3 Å². The number of esters is 1. The predicted molar refractivity (Wildman–Crippen MR) is 86.3 cm³/mol. The first-order valence-corrected chi connectivity index (χ1v) is 7.15. The Morgan fingerprint density at radius 2 is 1.82 bits per heavy atom. The maximum Gasteiger partial charge on any atom is 0.308 e. The summed E-state index contributed by atoms with van der Waals surface area (Å²) in [6.07, 6.45) is 0.213. The van der Waals surface area contributed by atoms with Crippen molar-refractivity contribution in [1.82, 2.24) is 0 Å². The lowest BCUT2D eigenvalue weighted by molar-refractivity contribution is -0.131. The van der Waals surface area contributed by atoms with Crippen LogP contribution in [-0.4, -0.2) is 11.9 Å². The number of carbonyl (C=O) groups excluding carboxylic acids is 2. The number of rotatable bonds is 4. The van der Waals surface area contributed by atoms with E-state index >= 15 is 0 Å². The van der Waals surface area contributed by atoms with Gasteiger partial charge in [-0.1, -0.05) is 29.8 Å². The molecular formula is C17H16ClNO3. The van der Waals surface area contributed by atoms with E-state index in [2.05, 4.69) is 5.32 Å². The van der Waals surface area contributed by atoms with Crippen LogP contribution in [-0.2, 0) is 16.0 Å². The van der Waals surface area contributed by atoms with E-state index < -0.39 is 5.97 Å². The molecule has 1 N–H and O–H groups in total.